The average Bonchev–Trinajstić information content (AvgIpc) is 2.51. The third-order valence-corrected chi connectivity index (χ3v) is 3.34. The molecule has 0 saturated carbocycles. The van der Waals surface area contributed by atoms with Crippen LogP contribution in [-0.4, -0.2) is 27.3 Å². The van der Waals surface area contributed by atoms with E-state index in [0.717, 1.165) is 44.2 Å². The second-order valence-electron chi connectivity index (χ2n) is 5.27. The normalized spacial score (nSPS) is 10.5. The van der Waals surface area contributed by atoms with Gasteiger partial charge in [0.2, 0.25) is 0 Å². The number of hydrogen-bond donors (Lipinski definition) is 3. The smallest absolute Gasteiger partial charge is 0.346 e. The Morgan fingerprint density at radius 2 is 1.65 bits per heavy atom. The highest BCUT2D eigenvalue weighted by Gasteiger charge is 2.17. The number of ether oxygens (including phenoxy) is 1. The Bertz CT molecular complexity index is 515. The zero-order valence-corrected chi connectivity index (χ0v) is 13.2. The molecular formula is C17H23O6. The highest BCUT2D eigenvalue weighted by atomic mass is 16.6. The SMILES string of the molecule is CC[CH]CCCCCCC(=O)OC(=O)c1cc(O)c(O)c(O)c1. The molecule has 0 fully saturated rings. The quantitative estimate of drug-likeness (QED) is 0.278. The summed E-state index contributed by atoms with van der Waals surface area (Å²) in [5, 5.41) is 27.8. The molecule has 0 atom stereocenters. The molecule has 0 spiro atoms. The maximum absolute atomic E-state index is 11.7. The summed E-state index contributed by atoms with van der Waals surface area (Å²) in [5.41, 5.74) is -0.207. The summed E-state index contributed by atoms with van der Waals surface area (Å²) in [7, 11) is 0. The van der Waals surface area contributed by atoms with Crippen LogP contribution in [0.3, 0.4) is 0 Å². The minimum Gasteiger partial charge on any atom is -0.504 e. The van der Waals surface area contributed by atoms with Crippen molar-refractivity contribution in [2.45, 2.75) is 51.9 Å². The molecule has 0 bridgehead atoms. The summed E-state index contributed by atoms with van der Waals surface area (Å²) in [6.45, 7) is 2.10. The first kappa shape index (κ1) is 18.8. The second-order valence-corrected chi connectivity index (χ2v) is 5.27. The van der Waals surface area contributed by atoms with E-state index < -0.39 is 29.2 Å². The van der Waals surface area contributed by atoms with Crippen LogP contribution < -0.4 is 0 Å². The molecule has 0 aromatic heterocycles. The van der Waals surface area contributed by atoms with Crippen molar-refractivity contribution in [2.24, 2.45) is 0 Å². The van der Waals surface area contributed by atoms with Crippen molar-refractivity contribution >= 4 is 11.9 Å². The Balaban J connectivity index is 2.33. The molecule has 0 aliphatic rings. The zero-order chi connectivity index (χ0) is 17.2. The van der Waals surface area contributed by atoms with E-state index in [9.17, 15) is 24.9 Å². The Kier molecular flexibility index (Phi) is 7.94. The summed E-state index contributed by atoms with van der Waals surface area (Å²) in [6, 6.07) is 1.85. The van der Waals surface area contributed by atoms with Gasteiger partial charge in [0.25, 0.3) is 0 Å². The summed E-state index contributed by atoms with van der Waals surface area (Å²) in [4.78, 5) is 23.3. The molecule has 3 N–H and O–H groups in total. The molecule has 0 aliphatic heterocycles. The molecule has 6 heteroatoms. The number of benzene rings is 1. The molecule has 1 aromatic carbocycles. The van der Waals surface area contributed by atoms with E-state index in [-0.39, 0.29) is 12.0 Å². The highest BCUT2D eigenvalue weighted by molar-refractivity contribution is 5.97. The predicted octanol–water partition coefficient (Wildman–Crippen LogP) is 3.44. The standard InChI is InChI=1S/C17H23O6/c1-2-3-4-5-6-7-8-9-15(20)23-17(22)12-10-13(18)16(21)14(19)11-12/h3,10-11,18-19,21H,2,4-9H2,1H3. The fourth-order valence-corrected chi connectivity index (χ4v) is 2.05. The number of hydrogen-bond acceptors (Lipinski definition) is 6. The minimum absolute atomic E-state index is 0.138. The van der Waals surface area contributed by atoms with Crippen molar-refractivity contribution in [2.75, 3.05) is 0 Å². The molecule has 1 aromatic rings. The van der Waals surface area contributed by atoms with E-state index in [0.29, 0.717) is 6.42 Å². The van der Waals surface area contributed by atoms with Gasteiger partial charge in [0, 0.05) is 6.42 Å². The van der Waals surface area contributed by atoms with E-state index in [1.54, 1.807) is 0 Å². The zero-order valence-electron chi connectivity index (χ0n) is 13.2. The van der Waals surface area contributed by atoms with Gasteiger partial charge in [-0.2, -0.15) is 0 Å². The van der Waals surface area contributed by atoms with E-state index in [1.165, 1.54) is 0 Å². The second kappa shape index (κ2) is 9.71. The number of phenols is 3. The summed E-state index contributed by atoms with van der Waals surface area (Å²) >= 11 is 0. The van der Waals surface area contributed by atoms with Gasteiger partial charge in [0.05, 0.1) is 5.56 Å². The van der Waals surface area contributed by atoms with E-state index in [4.69, 9.17) is 0 Å². The van der Waals surface area contributed by atoms with Gasteiger partial charge in [0.15, 0.2) is 17.2 Å². The third kappa shape index (κ3) is 6.59. The maximum Gasteiger partial charge on any atom is 0.346 e. The number of esters is 2. The van der Waals surface area contributed by atoms with Gasteiger partial charge in [-0.1, -0.05) is 39.0 Å². The molecule has 0 heterocycles. The van der Waals surface area contributed by atoms with Crippen LogP contribution in [0.1, 0.15) is 62.2 Å². The molecule has 0 unspecified atom stereocenters. The van der Waals surface area contributed by atoms with E-state index >= 15 is 0 Å². The van der Waals surface area contributed by atoms with Crippen LogP contribution >= 0.6 is 0 Å². The van der Waals surface area contributed by atoms with E-state index in [1.807, 2.05) is 0 Å². The Hall–Kier alpha value is -2.24. The fraction of sp³-hybridized carbons (Fsp3) is 0.471. The number of phenolic OH excluding ortho intramolecular Hbond substituents is 3. The van der Waals surface area contributed by atoms with Crippen LogP contribution in [0, 0.1) is 6.42 Å². The number of aromatic hydroxyl groups is 3. The Morgan fingerprint density at radius 1 is 1.04 bits per heavy atom. The lowest BCUT2D eigenvalue weighted by molar-refractivity contribution is -0.138. The van der Waals surface area contributed by atoms with Crippen molar-refractivity contribution < 1.29 is 29.6 Å². The highest BCUT2D eigenvalue weighted by Crippen LogP contribution is 2.35. The van der Waals surface area contributed by atoms with Crippen LogP contribution in [0.5, 0.6) is 17.2 Å². The monoisotopic (exact) mass is 323 g/mol. The van der Waals surface area contributed by atoms with Crippen LogP contribution in [0.15, 0.2) is 12.1 Å². The first-order chi connectivity index (χ1) is 11.0. The topological polar surface area (TPSA) is 104 Å². The van der Waals surface area contributed by atoms with Crippen molar-refractivity contribution in [3.05, 3.63) is 24.1 Å². The maximum atomic E-state index is 11.7. The first-order valence-corrected chi connectivity index (χ1v) is 7.77. The van der Waals surface area contributed by atoms with Crippen molar-refractivity contribution in [3.63, 3.8) is 0 Å². The van der Waals surface area contributed by atoms with Gasteiger partial charge in [-0.15, -0.1) is 0 Å². The predicted molar refractivity (Wildman–Crippen MR) is 84.2 cm³/mol. The summed E-state index contributed by atoms with van der Waals surface area (Å²) < 4.78 is 4.64. The Labute approximate surface area is 135 Å². The van der Waals surface area contributed by atoms with Crippen LogP contribution in [0.2, 0.25) is 0 Å². The summed E-state index contributed by atoms with van der Waals surface area (Å²) in [6.07, 6.45) is 8.15. The first-order valence-electron chi connectivity index (χ1n) is 7.77. The lowest BCUT2D eigenvalue weighted by Crippen LogP contribution is -2.12. The number of unbranched alkanes of at least 4 members (excludes halogenated alkanes) is 6. The molecule has 1 rings (SSSR count). The molecule has 1 radical (unpaired) electrons. The lowest BCUT2D eigenvalue weighted by atomic mass is 10.1. The molecule has 23 heavy (non-hydrogen) atoms. The van der Waals surface area contributed by atoms with Gasteiger partial charge >= 0.3 is 11.9 Å². The molecular weight excluding hydrogens is 300 g/mol. The minimum atomic E-state index is -0.974. The van der Waals surface area contributed by atoms with Gasteiger partial charge in [-0.25, -0.2) is 4.79 Å². The van der Waals surface area contributed by atoms with Gasteiger partial charge < -0.3 is 20.1 Å². The third-order valence-electron chi connectivity index (χ3n) is 3.34. The van der Waals surface area contributed by atoms with Crippen molar-refractivity contribution in [3.8, 4) is 17.2 Å². The van der Waals surface area contributed by atoms with E-state index in [2.05, 4.69) is 18.1 Å². The summed E-state index contributed by atoms with van der Waals surface area (Å²) in [5.74, 6) is -3.67. The number of carbonyl (C=O) groups excluding carboxylic acids is 2. The lowest BCUT2D eigenvalue weighted by Gasteiger charge is -2.06. The van der Waals surface area contributed by atoms with Gasteiger partial charge in [0.1, 0.15) is 0 Å². The van der Waals surface area contributed by atoms with Gasteiger partial charge in [-0.3, -0.25) is 4.79 Å². The number of carbonyl (C=O) groups is 2. The molecule has 6 nitrogen and oxygen atoms in total. The largest absolute Gasteiger partial charge is 0.504 e. The number of rotatable bonds is 9. The fourth-order valence-electron chi connectivity index (χ4n) is 2.05. The van der Waals surface area contributed by atoms with Crippen LogP contribution in [0.4, 0.5) is 0 Å². The van der Waals surface area contributed by atoms with Crippen molar-refractivity contribution in [1.82, 2.24) is 0 Å². The molecule has 127 valence electrons. The Morgan fingerprint density at radius 3 is 2.26 bits per heavy atom. The molecule has 0 amide bonds. The molecule has 0 saturated heterocycles. The van der Waals surface area contributed by atoms with Gasteiger partial charge in [-0.05, 0) is 25.0 Å². The van der Waals surface area contributed by atoms with Crippen molar-refractivity contribution in [1.29, 1.82) is 0 Å². The molecule has 0 aliphatic carbocycles. The van der Waals surface area contributed by atoms with Crippen LogP contribution in [0.25, 0.3) is 0 Å². The van der Waals surface area contributed by atoms with Crippen LogP contribution in [-0.2, 0) is 9.53 Å². The average molecular weight is 323 g/mol.